The third-order valence-corrected chi connectivity index (χ3v) is 6.95. The lowest BCUT2D eigenvalue weighted by Crippen LogP contribution is -2.69. The fraction of sp³-hybridized carbons (Fsp3) is 1.00. The molecule has 0 amide bonds. The molecule has 14 nitrogen and oxygen atoms in total. The molecule has 0 spiro atoms. The van der Waals surface area contributed by atoms with Crippen molar-refractivity contribution in [3.8, 4) is 0 Å². The molecule has 200 valence electrons. The summed E-state index contributed by atoms with van der Waals surface area (Å²) in [4.78, 5) is 0. The molecule has 2 saturated heterocycles. The van der Waals surface area contributed by atoms with E-state index >= 15 is 0 Å². The predicted octanol–water partition coefficient (Wildman–Crippen LogP) is -5.61. The van der Waals surface area contributed by atoms with Gasteiger partial charge in [-0.2, -0.15) is 0 Å². The van der Waals surface area contributed by atoms with Crippen LogP contribution in [0.2, 0.25) is 0 Å². The van der Waals surface area contributed by atoms with Gasteiger partial charge in [0.15, 0.2) is 12.6 Å². The average molecular weight is 497 g/mol. The molecular weight excluding hydrogens is 456 g/mol. The van der Waals surface area contributed by atoms with E-state index < -0.39 is 91.2 Å². The summed E-state index contributed by atoms with van der Waals surface area (Å²) in [7, 11) is 1.58. The van der Waals surface area contributed by atoms with Crippen LogP contribution in [0.4, 0.5) is 0 Å². The summed E-state index contributed by atoms with van der Waals surface area (Å²) in [5.74, 6) is 0. The van der Waals surface area contributed by atoms with Crippen molar-refractivity contribution in [1.82, 2.24) is 5.32 Å². The van der Waals surface area contributed by atoms with Gasteiger partial charge in [-0.3, -0.25) is 0 Å². The lowest BCUT2D eigenvalue weighted by Gasteiger charge is -2.49. The van der Waals surface area contributed by atoms with Crippen LogP contribution in [0.3, 0.4) is 0 Å². The third-order valence-electron chi connectivity index (χ3n) is 6.95. The first-order valence-corrected chi connectivity index (χ1v) is 11.4. The van der Waals surface area contributed by atoms with E-state index in [9.17, 15) is 30.6 Å². The highest BCUT2D eigenvalue weighted by atomic mass is 16.7. The van der Waals surface area contributed by atoms with Crippen molar-refractivity contribution in [3.63, 3.8) is 0 Å². The van der Waals surface area contributed by atoms with Crippen molar-refractivity contribution in [2.45, 2.75) is 111 Å². The quantitative estimate of drug-likeness (QED) is 0.165. The number of hydrogen-bond donors (Lipinski definition) is 10. The molecule has 0 radical (unpaired) electrons. The van der Waals surface area contributed by atoms with E-state index in [1.165, 1.54) is 13.8 Å². The Morgan fingerprint density at radius 2 is 1.50 bits per heavy atom. The molecular formula is C20H40N4O10. The molecule has 14 heteroatoms. The van der Waals surface area contributed by atoms with E-state index in [1.807, 2.05) is 0 Å². The van der Waals surface area contributed by atoms with E-state index in [-0.39, 0.29) is 13.0 Å². The maximum absolute atomic E-state index is 11.1. The van der Waals surface area contributed by atoms with Crippen molar-refractivity contribution in [2.24, 2.45) is 17.2 Å². The summed E-state index contributed by atoms with van der Waals surface area (Å²) in [5.41, 5.74) is 17.0. The molecule has 2 heterocycles. The number of aliphatic hydroxyl groups excluding tert-OH is 5. The molecule has 0 aromatic carbocycles. The fourth-order valence-corrected chi connectivity index (χ4v) is 4.95. The van der Waals surface area contributed by atoms with Crippen LogP contribution in [0, 0.1) is 0 Å². The van der Waals surface area contributed by atoms with Gasteiger partial charge in [-0.25, -0.2) is 0 Å². The molecule has 0 unspecified atom stereocenters. The van der Waals surface area contributed by atoms with Crippen molar-refractivity contribution in [2.75, 3.05) is 13.7 Å². The normalized spacial score (nSPS) is 53.5. The molecule has 15 atom stereocenters. The molecule has 1 aliphatic carbocycles. The predicted molar refractivity (Wildman–Crippen MR) is 116 cm³/mol. The second-order valence-electron chi connectivity index (χ2n) is 9.82. The second kappa shape index (κ2) is 10.8. The van der Waals surface area contributed by atoms with E-state index in [2.05, 4.69) is 5.32 Å². The van der Waals surface area contributed by atoms with E-state index in [0.29, 0.717) is 0 Å². The highest BCUT2D eigenvalue weighted by Gasteiger charge is 2.52. The van der Waals surface area contributed by atoms with Crippen LogP contribution in [-0.4, -0.2) is 135 Å². The topological polar surface area (TPSA) is 248 Å². The molecule has 0 bridgehead atoms. The van der Waals surface area contributed by atoms with E-state index in [4.69, 9.17) is 36.1 Å². The van der Waals surface area contributed by atoms with Crippen LogP contribution >= 0.6 is 0 Å². The minimum Gasteiger partial charge on any atom is -0.391 e. The lowest BCUT2D eigenvalue weighted by molar-refractivity contribution is -0.319. The van der Waals surface area contributed by atoms with Crippen LogP contribution in [0.25, 0.3) is 0 Å². The van der Waals surface area contributed by atoms with Gasteiger partial charge in [-0.1, -0.05) is 0 Å². The second-order valence-corrected chi connectivity index (χ2v) is 9.82. The number of likely N-dealkylation sites (N-methyl/N-ethyl adjacent to an activating group) is 1. The number of rotatable bonds is 6. The van der Waals surface area contributed by atoms with Gasteiger partial charge >= 0.3 is 0 Å². The maximum Gasteiger partial charge on any atom is 0.185 e. The minimum absolute atomic E-state index is 0.135. The van der Waals surface area contributed by atoms with Gasteiger partial charge in [0, 0.05) is 12.1 Å². The van der Waals surface area contributed by atoms with Crippen molar-refractivity contribution >= 4 is 0 Å². The molecule has 2 aliphatic heterocycles. The maximum atomic E-state index is 11.1. The zero-order valence-corrected chi connectivity index (χ0v) is 19.5. The number of nitrogens with one attached hydrogen (secondary N) is 1. The van der Waals surface area contributed by atoms with E-state index in [0.717, 1.165) is 0 Å². The Morgan fingerprint density at radius 1 is 0.941 bits per heavy atom. The Hall–Kier alpha value is -0.560. The fourth-order valence-electron chi connectivity index (χ4n) is 4.95. The van der Waals surface area contributed by atoms with Crippen LogP contribution in [-0.2, 0) is 18.9 Å². The first-order chi connectivity index (χ1) is 15.8. The Bertz CT molecular complexity index is 675. The molecule has 3 rings (SSSR count). The Balaban J connectivity index is 1.73. The summed E-state index contributed by atoms with van der Waals surface area (Å²) in [5, 5.41) is 65.2. The van der Waals surface area contributed by atoms with Crippen molar-refractivity contribution < 1.29 is 49.6 Å². The molecule has 34 heavy (non-hydrogen) atoms. The number of nitrogens with two attached hydrogens (primary N) is 3. The Kier molecular flexibility index (Phi) is 8.92. The monoisotopic (exact) mass is 496 g/mol. The molecule has 13 N–H and O–H groups in total. The first-order valence-electron chi connectivity index (χ1n) is 11.4. The number of ether oxygens (including phenoxy) is 4. The number of aliphatic hydroxyl groups is 6. The Morgan fingerprint density at radius 3 is 2.03 bits per heavy atom. The first kappa shape index (κ1) is 28.0. The molecule has 0 aromatic heterocycles. The van der Waals surface area contributed by atoms with Crippen LogP contribution in [0.15, 0.2) is 0 Å². The number of hydrogen-bond acceptors (Lipinski definition) is 14. The van der Waals surface area contributed by atoms with Crippen LogP contribution in [0.1, 0.15) is 20.3 Å². The van der Waals surface area contributed by atoms with Gasteiger partial charge in [0.2, 0.25) is 0 Å². The average Bonchev–Trinajstić information content (AvgIpc) is 2.75. The highest BCUT2D eigenvalue weighted by Crippen LogP contribution is 2.32. The summed E-state index contributed by atoms with van der Waals surface area (Å²) < 4.78 is 22.8. The van der Waals surface area contributed by atoms with E-state index in [1.54, 1.807) is 7.05 Å². The van der Waals surface area contributed by atoms with Crippen molar-refractivity contribution in [3.05, 3.63) is 0 Å². The molecule has 1 saturated carbocycles. The zero-order chi connectivity index (χ0) is 25.5. The summed E-state index contributed by atoms with van der Waals surface area (Å²) in [6, 6.07) is -3.47. The summed E-state index contributed by atoms with van der Waals surface area (Å²) in [6.07, 6.45) is -12.4. The molecule has 3 fully saturated rings. The van der Waals surface area contributed by atoms with Gasteiger partial charge < -0.3 is 72.1 Å². The van der Waals surface area contributed by atoms with Gasteiger partial charge in [-0.15, -0.1) is 0 Å². The van der Waals surface area contributed by atoms with Crippen LogP contribution in [0.5, 0.6) is 0 Å². The van der Waals surface area contributed by atoms with Gasteiger partial charge in [0.25, 0.3) is 0 Å². The largest absolute Gasteiger partial charge is 0.391 e. The Labute approximate surface area is 197 Å². The standard InChI is InChI=1S/C20H40N4O10/c1-6(25)14-11(27)10(26)9(23)18(32-14)33-15-7(21)4-8(22)16(12(15)28)34-19-13(29)17(24-3)20(2,30)5-31-19/h6-19,24-30H,4-5,21-23H2,1-3H3/t6-,7+,8-,9+,10+,11-,12+,13-,14+,15-,16+,17-,18+,19-,20+/m1/s1. The summed E-state index contributed by atoms with van der Waals surface area (Å²) >= 11 is 0. The molecule has 0 aromatic rings. The zero-order valence-electron chi connectivity index (χ0n) is 19.5. The van der Waals surface area contributed by atoms with Gasteiger partial charge in [0.1, 0.15) is 48.3 Å². The van der Waals surface area contributed by atoms with Crippen molar-refractivity contribution in [1.29, 1.82) is 0 Å². The lowest BCUT2D eigenvalue weighted by atomic mass is 9.84. The SMILES string of the molecule is CN[C@@H]1[C@@H](O)[C@@H](O[C@@H]2[C@@H](O)[C@H](O[C@@H]3O[C@@H]([C@@H](C)O)[C@H](O)[C@@H](O)[C@@H]3N)[C@@H](N)C[C@H]2N)OC[C@]1(C)O. The third kappa shape index (κ3) is 5.40. The minimum atomic E-state index is -1.46. The molecule has 3 aliphatic rings. The summed E-state index contributed by atoms with van der Waals surface area (Å²) in [6.45, 7) is 2.75. The highest BCUT2D eigenvalue weighted by molar-refractivity contribution is 5.02. The van der Waals surface area contributed by atoms with Crippen LogP contribution < -0.4 is 22.5 Å². The smallest absolute Gasteiger partial charge is 0.185 e. The van der Waals surface area contributed by atoms with Gasteiger partial charge in [-0.05, 0) is 27.3 Å². The van der Waals surface area contributed by atoms with Gasteiger partial charge in [0.05, 0.1) is 24.8 Å².